The van der Waals surface area contributed by atoms with E-state index in [1.807, 2.05) is 6.92 Å². The Balaban J connectivity index is 4.00. The molecular formula is C14H23NO4. The molecule has 0 saturated carbocycles. The number of hydrogen-bond acceptors (Lipinski definition) is 5. The van der Waals surface area contributed by atoms with Gasteiger partial charge in [0.05, 0.1) is 18.1 Å². The van der Waals surface area contributed by atoms with E-state index in [-0.39, 0.29) is 12.6 Å². The van der Waals surface area contributed by atoms with Crippen molar-refractivity contribution in [1.82, 2.24) is 0 Å². The molecule has 0 radical (unpaired) electrons. The predicted octanol–water partition coefficient (Wildman–Crippen LogP) is 2.59. The van der Waals surface area contributed by atoms with E-state index in [9.17, 15) is 9.59 Å². The van der Waals surface area contributed by atoms with E-state index < -0.39 is 11.4 Å². The first-order valence-corrected chi connectivity index (χ1v) is 6.64. The van der Waals surface area contributed by atoms with Crippen LogP contribution in [0.4, 0.5) is 0 Å². The van der Waals surface area contributed by atoms with Gasteiger partial charge in [0, 0.05) is 13.3 Å². The number of nitrogens with zero attached hydrogens (tertiary/aromatic N) is 1. The third-order valence-corrected chi connectivity index (χ3v) is 3.03. The Kier molecular flexibility index (Phi) is 8.60. The van der Waals surface area contributed by atoms with Gasteiger partial charge in [-0.15, -0.1) is 0 Å². The molecule has 0 spiro atoms. The minimum Gasteiger partial charge on any atom is -0.465 e. The van der Waals surface area contributed by atoms with Gasteiger partial charge in [-0.1, -0.05) is 6.92 Å². The molecule has 0 aliphatic carbocycles. The van der Waals surface area contributed by atoms with Crippen LogP contribution in [0.2, 0.25) is 0 Å². The minimum atomic E-state index is -0.779. The van der Waals surface area contributed by atoms with Gasteiger partial charge in [0.1, 0.15) is 6.61 Å². The summed E-state index contributed by atoms with van der Waals surface area (Å²) in [5, 5.41) is 8.38. The van der Waals surface area contributed by atoms with Crippen LogP contribution in [0.25, 0.3) is 0 Å². The molecule has 0 aliphatic heterocycles. The van der Waals surface area contributed by atoms with E-state index in [0.717, 1.165) is 19.3 Å². The molecule has 1 unspecified atom stereocenters. The Morgan fingerprint density at radius 1 is 1.21 bits per heavy atom. The van der Waals surface area contributed by atoms with Gasteiger partial charge in [0.25, 0.3) is 0 Å². The van der Waals surface area contributed by atoms with Crippen LogP contribution in [0.3, 0.4) is 0 Å². The standard InChI is InChI=1S/C14H23NO4/c1-4-14(3,11-19-12(2)16)13(17)18-10-8-6-5-7-9-15/h4-8,10-11H2,1-3H3. The van der Waals surface area contributed by atoms with E-state index in [0.29, 0.717) is 19.4 Å². The van der Waals surface area contributed by atoms with Crippen molar-refractivity contribution in [2.45, 2.75) is 52.9 Å². The summed E-state index contributed by atoms with van der Waals surface area (Å²) in [6.45, 7) is 5.30. The molecule has 0 rings (SSSR count). The molecule has 1 atom stereocenters. The van der Waals surface area contributed by atoms with Crippen LogP contribution in [-0.2, 0) is 19.1 Å². The van der Waals surface area contributed by atoms with Gasteiger partial charge >= 0.3 is 11.9 Å². The largest absolute Gasteiger partial charge is 0.465 e. The highest BCUT2D eigenvalue weighted by Gasteiger charge is 2.34. The maximum absolute atomic E-state index is 11.9. The van der Waals surface area contributed by atoms with E-state index in [4.69, 9.17) is 14.7 Å². The summed E-state index contributed by atoms with van der Waals surface area (Å²) in [5.41, 5.74) is -0.779. The third-order valence-electron chi connectivity index (χ3n) is 3.03. The summed E-state index contributed by atoms with van der Waals surface area (Å²) in [6, 6.07) is 2.07. The predicted molar refractivity (Wildman–Crippen MR) is 70.1 cm³/mol. The van der Waals surface area contributed by atoms with Gasteiger partial charge < -0.3 is 9.47 Å². The summed E-state index contributed by atoms with van der Waals surface area (Å²) in [5.74, 6) is -0.736. The van der Waals surface area contributed by atoms with E-state index in [1.54, 1.807) is 6.92 Å². The molecule has 0 aromatic carbocycles. The van der Waals surface area contributed by atoms with Gasteiger partial charge in [-0.05, 0) is 32.6 Å². The fourth-order valence-corrected chi connectivity index (χ4v) is 1.39. The zero-order chi connectivity index (χ0) is 14.7. The molecule has 5 nitrogen and oxygen atoms in total. The molecule has 0 fully saturated rings. The van der Waals surface area contributed by atoms with Crippen LogP contribution in [0, 0.1) is 16.7 Å². The smallest absolute Gasteiger partial charge is 0.315 e. The molecule has 0 aromatic rings. The molecule has 19 heavy (non-hydrogen) atoms. The van der Waals surface area contributed by atoms with E-state index in [1.165, 1.54) is 6.92 Å². The molecule has 5 heteroatoms. The van der Waals surface area contributed by atoms with Gasteiger partial charge in [0.15, 0.2) is 0 Å². The average molecular weight is 269 g/mol. The number of esters is 2. The van der Waals surface area contributed by atoms with Crippen molar-refractivity contribution in [3.63, 3.8) is 0 Å². The highest BCUT2D eigenvalue weighted by molar-refractivity contribution is 5.77. The van der Waals surface area contributed by atoms with Crippen molar-refractivity contribution in [3.8, 4) is 6.07 Å². The van der Waals surface area contributed by atoms with Gasteiger partial charge in [-0.3, -0.25) is 9.59 Å². The van der Waals surface area contributed by atoms with Crippen LogP contribution in [0.5, 0.6) is 0 Å². The van der Waals surface area contributed by atoms with Crippen molar-refractivity contribution < 1.29 is 19.1 Å². The summed E-state index contributed by atoms with van der Waals surface area (Å²) >= 11 is 0. The Bertz CT molecular complexity index is 335. The van der Waals surface area contributed by atoms with Crippen molar-refractivity contribution in [3.05, 3.63) is 0 Å². The first-order valence-electron chi connectivity index (χ1n) is 6.64. The summed E-state index contributed by atoms with van der Waals surface area (Å²) in [6.07, 6.45) is 3.53. The fourth-order valence-electron chi connectivity index (χ4n) is 1.39. The van der Waals surface area contributed by atoms with Crippen LogP contribution in [0.15, 0.2) is 0 Å². The monoisotopic (exact) mass is 269 g/mol. The number of ether oxygens (including phenoxy) is 2. The van der Waals surface area contributed by atoms with Crippen molar-refractivity contribution in [2.75, 3.05) is 13.2 Å². The molecule has 108 valence electrons. The quantitative estimate of drug-likeness (QED) is 0.475. The first kappa shape index (κ1) is 17.4. The number of carbonyl (C=O) groups is 2. The van der Waals surface area contributed by atoms with E-state index >= 15 is 0 Å². The highest BCUT2D eigenvalue weighted by Crippen LogP contribution is 2.23. The van der Waals surface area contributed by atoms with Crippen molar-refractivity contribution >= 4 is 11.9 Å². The highest BCUT2D eigenvalue weighted by atomic mass is 16.5. The molecule has 0 aliphatic rings. The molecule has 0 heterocycles. The van der Waals surface area contributed by atoms with E-state index in [2.05, 4.69) is 6.07 Å². The van der Waals surface area contributed by atoms with Crippen LogP contribution >= 0.6 is 0 Å². The average Bonchev–Trinajstić information content (AvgIpc) is 2.39. The molecule has 0 saturated heterocycles. The Labute approximate surface area is 114 Å². The minimum absolute atomic E-state index is 0.0477. The SMILES string of the molecule is CCC(C)(COC(C)=O)C(=O)OCCCCCC#N. The zero-order valence-corrected chi connectivity index (χ0v) is 12.0. The zero-order valence-electron chi connectivity index (χ0n) is 12.0. The number of unbranched alkanes of at least 4 members (excludes halogenated alkanes) is 3. The first-order chi connectivity index (χ1) is 8.96. The second-order valence-electron chi connectivity index (χ2n) is 4.80. The lowest BCUT2D eigenvalue weighted by molar-refractivity contribution is -0.162. The number of nitriles is 1. The fraction of sp³-hybridized carbons (Fsp3) is 0.786. The topological polar surface area (TPSA) is 76.4 Å². The molecular weight excluding hydrogens is 246 g/mol. The number of rotatable bonds is 9. The van der Waals surface area contributed by atoms with Crippen molar-refractivity contribution in [1.29, 1.82) is 5.26 Å². The molecule has 0 amide bonds. The number of hydrogen-bond donors (Lipinski definition) is 0. The summed E-state index contributed by atoms with van der Waals surface area (Å²) < 4.78 is 10.1. The van der Waals surface area contributed by atoms with Gasteiger partial charge in [0.2, 0.25) is 0 Å². The van der Waals surface area contributed by atoms with Crippen LogP contribution in [-0.4, -0.2) is 25.2 Å². The maximum Gasteiger partial charge on any atom is 0.315 e. The van der Waals surface area contributed by atoms with Crippen LogP contribution in [0.1, 0.15) is 52.9 Å². The summed E-state index contributed by atoms with van der Waals surface area (Å²) in [4.78, 5) is 22.7. The normalized spacial score (nSPS) is 13.2. The Morgan fingerprint density at radius 2 is 1.89 bits per heavy atom. The second-order valence-corrected chi connectivity index (χ2v) is 4.80. The van der Waals surface area contributed by atoms with Gasteiger partial charge in [-0.2, -0.15) is 5.26 Å². The van der Waals surface area contributed by atoms with Gasteiger partial charge in [-0.25, -0.2) is 0 Å². The Hall–Kier alpha value is -1.57. The lowest BCUT2D eigenvalue weighted by atomic mass is 9.89. The maximum atomic E-state index is 11.9. The number of carbonyl (C=O) groups excluding carboxylic acids is 2. The lowest BCUT2D eigenvalue weighted by Crippen LogP contribution is -2.35. The molecule has 0 aromatic heterocycles. The second kappa shape index (κ2) is 9.37. The molecule has 0 bridgehead atoms. The van der Waals surface area contributed by atoms with Crippen molar-refractivity contribution in [2.24, 2.45) is 5.41 Å². The lowest BCUT2D eigenvalue weighted by Gasteiger charge is -2.25. The third kappa shape index (κ3) is 7.45. The summed E-state index contributed by atoms with van der Waals surface area (Å²) in [7, 11) is 0. The molecule has 0 N–H and O–H groups in total. The van der Waals surface area contributed by atoms with Crippen LogP contribution < -0.4 is 0 Å². The Morgan fingerprint density at radius 3 is 2.42 bits per heavy atom.